The number of allylic oxidation sites excluding steroid dienone is 2. The number of rotatable bonds is 3. The van der Waals surface area contributed by atoms with Gasteiger partial charge in [0.25, 0.3) is 0 Å². The minimum absolute atomic E-state index is 0.0948. The molecule has 3 heterocycles. The zero-order valence-corrected chi connectivity index (χ0v) is 14.5. The minimum Gasteiger partial charge on any atom is -0.422 e. The third-order valence-electron chi connectivity index (χ3n) is 6.14. The number of fused-ring (bicyclic) bond motifs is 1. The number of ether oxygens (including phenoxy) is 1. The molecule has 5 rings (SSSR count). The summed E-state index contributed by atoms with van der Waals surface area (Å²) in [5.41, 5.74) is 0. The van der Waals surface area contributed by atoms with E-state index in [4.69, 9.17) is 9.15 Å². The first-order valence-corrected chi connectivity index (χ1v) is 9.70. The maximum Gasteiger partial charge on any atom is 0.245 e. The van der Waals surface area contributed by atoms with E-state index in [0.717, 1.165) is 57.4 Å². The lowest BCUT2D eigenvalue weighted by molar-refractivity contribution is -0.140. The van der Waals surface area contributed by atoms with Crippen LogP contribution in [0.2, 0.25) is 0 Å². The molecule has 1 unspecified atom stereocenters. The van der Waals surface area contributed by atoms with E-state index in [-0.39, 0.29) is 18.1 Å². The molecule has 25 heavy (non-hydrogen) atoms. The molecule has 0 radical (unpaired) electrons. The lowest BCUT2D eigenvalue weighted by Crippen LogP contribution is -2.47. The molecular weight excluding hydrogens is 318 g/mol. The summed E-state index contributed by atoms with van der Waals surface area (Å²) in [5.74, 6) is 2.85. The Balaban J connectivity index is 1.22. The predicted molar refractivity (Wildman–Crippen MR) is 89.7 cm³/mol. The standard InChI is InChI=1S/C19H25N3O3/c23-19(13-4-2-1-3-5-13)22-9-8-14-10-15(24-16(14)11-22)18-21-20-17(25-18)12-6-7-12/h1-2,12-16H,3-11H2/t13?,14-,15+,16+/m1/s1. The topological polar surface area (TPSA) is 68.5 Å². The highest BCUT2D eigenvalue weighted by Crippen LogP contribution is 2.43. The summed E-state index contributed by atoms with van der Waals surface area (Å²) in [7, 11) is 0. The first kappa shape index (κ1) is 15.6. The summed E-state index contributed by atoms with van der Waals surface area (Å²) in [5, 5.41) is 8.39. The Labute approximate surface area is 147 Å². The maximum absolute atomic E-state index is 12.8. The van der Waals surface area contributed by atoms with Gasteiger partial charge < -0.3 is 14.1 Å². The molecule has 0 bridgehead atoms. The molecule has 3 fully saturated rings. The molecule has 134 valence electrons. The quantitative estimate of drug-likeness (QED) is 0.789. The van der Waals surface area contributed by atoms with Gasteiger partial charge in [-0.1, -0.05) is 12.2 Å². The van der Waals surface area contributed by atoms with Crippen LogP contribution in [-0.4, -0.2) is 40.2 Å². The second kappa shape index (κ2) is 6.24. The van der Waals surface area contributed by atoms with E-state index in [9.17, 15) is 4.79 Å². The number of hydrogen-bond donors (Lipinski definition) is 0. The molecule has 6 heteroatoms. The fraction of sp³-hybridized carbons (Fsp3) is 0.737. The van der Waals surface area contributed by atoms with Crippen LogP contribution in [0, 0.1) is 11.8 Å². The van der Waals surface area contributed by atoms with Crippen LogP contribution in [0.4, 0.5) is 0 Å². The SMILES string of the molecule is O=C(C1CC=CCC1)N1CC[C@@H]2C[C@@H](c3nnc(C4CC4)o3)O[C@H]2C1. The summed E-state index contributed by atoms with van der Waals surface area (Å²) in [6.07, 6.45) is 11.5. The molecule has 0 spiro atoms. The van der Waals surface area contributed by atoms with Crippen molar-refractivity contribution in [1.29, 1.82) is 0 Å². The highest BCUT2D eigenvalue weighted by Gasteiger charge is 2.43. The highest BCUT2D eigenvalue weighted by molar-refractivity contribution is 5.79. The van der Waals surface area contributed by atoms with E-state index < -0.39 is 0 Å². The lowest BCUT2D eigenvalue weighted by Gasteiger charge is -2.36. The van der Waals surface area contributed by atoms with E-state index >= 15 is 0 Å². The van der Waals surface area contributed by atoms with Crippen molar-refractivity contribution in [2.75, 3.05) is 13.1 Å². The fourth-order valence-corrected chi connectivity index (χ4v) is 4.44. The van der Waals surface area contributed by atoms with Gasteiger partial charge in [-0.05, 0) is 50.9 Å². The Morgan fingerprint density at radius 1 is 1.12 bits per heavy atom. The van der Waals surface area contributed by atoms with Crippen molar-refractivity contribution in [3.63, 3.8) is 0 Å². The van der Waals surface area contributed by atoms with Gasteiger partial charge >= 0.3 is 0 Å². The normalized spacial score (nSPS) is 35.0. The van der Waals surface area contributed by atoms with Gasteiger partial charge in [-0.2, -0.15) is 0 Å². The van der Waals surface area contributed by atoms with Crippen molar-refractivity contribution in [3.8, 4) is 0 Å². The molecule has 1 aromatic rings. The molecule has 0 N–H and O–H groups in total. The fourth-order valence-electron chi connectivity index (χ4n) is 4.44. The summed E-state index contributed by atoms with van der Waals surface area (Å²) >= 11 is 0. The smallest absolute Gasteiger partial charge is 0.245 e. The molecule has 1 aromatic heterocycles. The Morgan fingerprint density at radius 3 is 2.80 bits per heavy atom. The van der Waals surface area contributed by atoms with Gasteiger partial charge in [-0.3, -0.25) is 4.79 Å². The molecular formula is C19H25N3O3. The summed E-state index contributed by atoms with van der Waals surface area (Å²) in [6, 6.07) is 0. The predicted octanol–water partition coefficient (Wildman–Crippen LogP) is 2.98. The van der Waals surface area contributed by atoms with Crippen molar-refractivity contribution >= 4 is 5.91 Å². The average molecular weight is 343 g/mol. The van der Waals surface area contributed by atoms with Gasteiger partial charge in [-0.15, -0.1) is 10.2 Å². The molecule has 6 nitrogen and oxygen atoms in total. The molecule has 0 aromatic carbocycles. The second-order valence-corrected chi connectivity index (χ2v) is 7.97. The van der Waals surface area contributed by atoms with Crippen LogP contribution in [0.15, 0.2) is 16.6 Å². The third kappa shape index (κ3) is 3.01. The van der Waals surface area contributed by atoms with Crippen LogP contribution in [-0.2, 0) is 9.53 Å². The first-order chi connectivity index (χ1) is 12.3. The Bertz CT molecular complexity index is 681. The van der Waals surface area contributed by atoms with Crippen LogP contribution in [0.5, 0.6) is 0 Å². The Kier molecular flexibility index (Phi) is 3.88. The van der Waals surface area contributed by atoms with Gasteiger partial charge in [0.1, 0.15) is 6.10 Å². The van der Waals surface area contributed by atoms with Gasteiger partial charge in [-0.25, -0.2) is 0 Å². The van der Waals surface area contributed by atoms with Gasteiger partial charge in [0.15, 0.2) is 0 Å². The molecule has 4 aliphatic rings. The van der Waals surface area contributed by atoms with Crippen molar-refractivity contribution in [3.05, 3.63) is 23.9 Å². The van der Waals surface area contributed by atoms with E-state index in [0.29, 0.717) is 30.2 Å². The van der Waals surface area contributed by atoms with Crippen molar-refractivity contribution in [1.82, 2.24) is 15.1 Å². The maximum atomic E-state index is 12.8. The number of piperidine rings is 1. The number of carbonyl (C=O) groups excluding carboxylic acids is 1. The average Bonchev–Trinajstić information content (AvgIpc) is 3.23. The molecule has 2 aliphatic heterocycles. The molecule has 4 atom stereocenters. The highest BCUT2D eigenvalue weighted by atomic mass is 16.5. The van der Waals surface area contributed by atoms with Crippen LogP contribution >= 0.6 is 0 Å². The van der Waals surface area contributed by atoms with Crippen LogP contribution in [0.25, 0.3) is 0 Å². The molecule has 1 amide bonds. The third-order valence-corrected chi connectivity index (χ3v) is 6.14. The summed E-state index contributed by atoms with van der Waals surface area (Å²) in [6.45, 7) is 1.57. The molecule has 2 saturated heterocycles. The largest absolute Gasteiger partial charge is 0.422 e. The Hall–Kier alpha value is -1.69. The molecule has 2 aliphatic carbocycles. The number of carbonyl (C=O) groups is 1. The Morgan fingerprint density at radius 2 is 2.00 bits per heavy atom. The molecule has 1 saturated carbocycles. The van der Waals surface area contributed by atoms with E-state index in [1.165, 1.54) is 0 Å². The van der Waals surface area contributed by atoms with E-state index in [1.807, 2.05) is 4.90 Å². The number of likely N-dealkylation sites (tertiary alicyclic amines) is 1. The van der Waals surface area contributed by atoms with Gasteiger partial charge in [0.05, 0.1) is 6.10 Å². The number of aromatic nitrogens is 2. The second-order valence-electron chi connectivity index (χ2n) is 7.97. The minimum atomic E-state index is -0.0948. The number of nitrogens with zero attached hydrogens (tertiary/aromatic N) is 3. The van der Waals surface area contributed by atoms with Gasteiger partial charge in [0, 0.05) is 24.9 Å². The van der Waals surface area contributed by atoms with Crippen LogP contribution < -0.4 is 0 Å². The van der Waals surface area contributed by atoms with Crippen LogP contribution in [0.1, 0.15) is 68.7 Å². The monoisotopic (exact) mass is 343 g/mol. The van der Waals surface area contributed by atoms with Gasteiger partial charge in [0.2, 0.25) is 17.7 Å². The van der Waals surface area contributed by atoms with E-state index in [2.05, 4.69) is 22.3 Å². The van der Waals surface area contributed by atoms with E-state index in [1.54, 1.807) is 0 Å². The van der Waals surface area contributed by atoms with Crippen molar-refractivity contribution in [2.45, 2.75) is 63.1 Å². The zero-order chi connectivity index (χ0) is 16.8. The summed E-state index contributed by atoms with van der Waals surface area (Å²) < 4.78 is 12.1. The van der Waals surface area contributed by atoms with Crippen molar-refractivity contribution < 1.29 is 13.9 Å². The number of hydrogen-bond acceptors (Lipinski definition) is 5. The number of amides is 1. The first-order valence-electron chi connectivity index (χ1n) is 9.70. The summed E-state index contributed by atoms with van der Waals surface area (Å²) in [4.78, 5) is 14.8. The van der Waals surface area contributed by atoms with Crippen LogP contribution in [0.3, 0.4) is 0 Å². The zero-order valence-electron chi connectivity index (χ0n) is 14.5. The lowest BCUT2D eigenvalue weighted by atomic mass is 9.89. The van der Waals surface area contributed by atoms with Crippen molar-refractivity contribution in [2.24, 2.45) is 11.8 Å².